The summed E-state index contributed by atoms with van der Waals surface area (Å²) in [6.45, 7) is 4.45. The molecule has 0 aromatic heterocycles. The zero-order valence-corrected chi connectivity index (χ0v) is 60.7. The molecule has 9 heteroatoms. The van der Waals surface area contributed by atoms with Crippen molar-refractivity contribution < 1.29 is 42.9 Å². The number of hydrogen-bond donors (Lipinski definition) is 0. The Hall–Kier alpha value is -6.13. The summed E-state index contributed by atoms with van der Waals surface area (Å²) in [6, 6.07) is 0. The average molecular weight is 1310 g/mol. The van der Waals surface area contributed by atoms with Crippen LogP contribution in [0.4, 0.5) is 0 Å². The minimum atomic E-state index is -1.65. The predicted molar refractivity (Wildman–Crippen MR) is 407 cm³/mol. The molecule has 0 radical (unpaired) electrons. The zero-order valence-electron chi connectivity index (χ0n) is 60.7. The monoisotopic (exact) mass is 1310 g/mol. The number of hydrogen-bond acceptors (Lipinski definition) is 8. The Morgan fingerprint density at radius 3 is 0.863 bits per heavy atom. The van der Waals surface area contributed by atoms with E-state index in [2.05, 4.69) is 220 Å². The molecule has 95 heavy (non-hydrogen) atoms. The van der Waals surface area contributed by atoms with Crippen LogP contribution in [-0.2, 0) is 33.3 Å². The fourth-order valence-corrected chi connectivity index (χ4v) is 9.43. The number of carboxylic acids is 1. The van der Waals surface area contributed by atoms with Gasteiger partial charge < -0.3 is 33.3 Å². The summed E-state index contributed by atoms with van der Waals surface area (Å²) in [6.07, 6.45) is 112. The summed E-state index contributed by atoms with van der Waals surface area (Å²) in [4.78, 5) is 37.5. The first-order valence-electron chi connectivity index (χ1n) is 37.2. The fraction of sp³-hybridized carbons (Fsp3) is 0.570. The third-order valence-corrected chi connectivity index (χ3v) is 15.0. The second-order valence-electron chi connectivity index (χ2n) is 25.1. The molecule has 0 fully saturated rings. The van der Waals surface area contributed by atoms with Crippen LogP contribution in [0.1, 0.15) is 258 Å². The van der Waals surface area contributed by atoms with Gasteiger partial charge in [0.05, 0.1) is 40.3 Å². The number of ether oxygens (including phenoxy) is 4. The van der Waals surface area contributed by atoms with Crippen LogP contribution >= 0.6 is 0 Å². The van der Waals surface area contributed by atoms with E-state index < -0.39 is 24.3 Å². The molecule has 0 aromatic carbocycles. The van der Waals surface area contributed by atoms with E-state index in [-0.39, 0.29) is 38.6 Å². The van der Waals surface area contributed by atoms with Gasteiger partial charge in [-0.3, -0.25) is 9.59 Å². The minimum absolute atomic E-state index is 0.128. The van der Waals surface area contributed by atoms with E-state index in [0.717, 1.165) is 141 Å². The first kappa shape index (κ1) is 88.9. The van der Waals surface area contributed by atoms with Gasteiger partial charge in [0.15, 0.2) is 12.4 Å². The Balaban J connectivity index is 4.24. The first-order chi connectivity index (χ1) is 46.6. The molecule has 0 aliphatic rings. The second kappa shape index (κ2) is 73.7. The molecule has 0 amide bonds. The van der Waals surface area contributed by atoms with Gasteiger partial charge in [-0.25, -0.2) is 0 Å². The maximum Gasteiger partial charge on any atom is 0.306 e. The van der Waals surface area contributed by atoms with Crippen molar-refractivity contribution in [2.75, 3.05) is 47.5 Å². The number of rotatable bonds is 66. The number of unbranched alkanes of at least 4 members (excludes halogenated alkanes) is 17. The fourth-order valence-electron chi connectivity index (χ4n) is 9.43. The average Bonchev–Trinajstić information content (AvgIpc) is 2.92. The molecule has 0 rings (SSSR count). The van der Waals surface area contributed by atoms with Gasteiger partial charge >= 0.3 is 11.9 Å². The first-order valence-corrected chi connectivity index (χ1v) is 37.2. The lowest BCUT2D eigenvalue weighted by molar-refractivity contribution is -0.870. The Morgan fingerprint density at radius 1 is 0.316 bits per heavy atom. The Morgan fingerprint density at radius 2 is 0.568 bits per heavy atom. The number of quaternary nitrogens is 1. The standard InChI is InChI=1S/C86H135NO8/c1-6-8-10-12-14-16-18-20-22-24-26-28-30-32-34-36-38-39-40-41-42-43-44-45-47-49-51-53-55-57-59-61-63-65-67-69-71-73-75-77-84(89)95-82(81-94-86(85(90)91)92-79-78-87(3,4)5)80-93-83(88)76-74-72-70-68-66-64-62-60-58-56-54-52-50-48-46-37-35-33-31-29-27-25-23-21-19-17-15-13-11-9-7-2/h8-11,14-17,20-23,26-29,32-35,38-39,41-42,44-45,49,51,55,57,61,63,67,69,82,86H,6-7,12-13,18-19,24-25,30-31,36-37,40,43,46-48,50,52-54,56,58-60,62,64-66,68,70-81H2,1-5H3/b10-8-,11-9-,16-14-,17-15-,22-20-,23-21-,28-26-,29-27-,34-32-,35-33-,39-38-,42-41-,45-44-,51-49-,57-55-,63-61-,69-67-. The van der Waals surface area contributed by atoms with Crippen LogP contribution in [0.25, 0.3) is 0 Å². The second-order valence-corrected chi connectivity index (χ2v) is 25.1. The molecule has 0 saturated heterocycles. The lowest BCUT2D eigenvalue weighted by atomic mass is 10.0. The van der Waals surface area contributed by atoms with E-state index in [0.29, 0.717) is 17.4 Å². The third kappa shape index (κ3) is 75.1. The van der Waals surface area contributed by atoms with Crippen LogP contribution in [-0.4, -0.2) is 82.3 Å². The van der Waals surface area contributed by atoms with Crippen molar-refractivity contribution in [3.05, 3.63) is 207 Å². The van der Waals surface area contributed by atoms with Gasteiger partial charge in [-0.15, -0.1) is 0 Å². The number of carbonyl (C=O) groups is 3. The zero-order chi connectivity index (χ0) is 69.0. The summed E-state index contributed by atoms with van der Waals surface area (Å²) in [5.41, 5.74) is 0. The van der Waals surface area contributed by atoms with Crippen LogP contribution < -0.4 is 5.11 Å². The maximum absolute atomic E-state index is 12.9. The smallest absolute Gasteiger partial charge is 0.306 e. The number of likely N-dealkylation sites (N-methyl/N-ethyl adjacent to an activating group) is 1. The van der Waals surface area contributed by atoms with Crippen molar-refractivity contribution in [1.29, 1.82) is 0 Å². The van der Waals surface area contributed by atoms with Crippen molar-refractivity contribution in [3.8, 4) is 0 Å². The largest absolute Gasteiger partial charge is 0.545 e. The molecule has 0 heterocycles. The Kier molecular flexibility index (Phi) is 68.9. The third-order valence-electron chi connectivity index (χ3n) is 15.0. The van der Waals surface area contributed by atoms with Gasteiger partial charge in [0.25, 0.3) is 0 Å². The van der Waals surface area contributed by atoms with Gasteiger partial charge in [0.1, 0.15) is 13.2 Å². The molecule has 2 atom stereocenters. The minimum Gasteiger partial charge on any atom is -0.545 e. The lowest BCUT2D eigenvalue weighted by Crippen LogP contribution is -2.44. The molecule has 0 aromatic rings. The van der Waals surface area contributed by atoms with E-state index in [4.69, 9.17) is 18.9 Å². The van der Waals surface area contributed by atoms with Crippen LogP contribution in [0.2, 0.25) is 0 Å². The predicted octanol–water partition coefficient (Wildman–Crippen LogP) is 22.6. The molecule has 532 valence electrons. The van der Waals surface area contributed by atoms with E-state index in [1.165, 1.54) is 83.5 Å². The van der Waals surface area contributed by atoms with Gasteiger partial charge in [0, 0.05) is 12.8 Å². The van der Waals surface area contributed by atoms with Gasteiger partial charge in [-0.1, -0.05) is 304 Å². The normalized spacial score (nSPS) is 13.9. The highest BCUT2D eigenvalue weighted by molar-refractivity contribution is 5.70. The summed E-state index contributed by atoms with van der Waals surface area (Å²) < 4.78 is 22.7. The van der Waals surface area contributed by atoms with E-state index in [9.17, 15) is 19.5 Å². The molecule has 0 bridgehead atoms. The topological polar surface area (TPSA) is 111 Å². The lowest BCUT2D eigenvalue weighted by Gasteiger charge is -2.26. The highest BCUT2D eigenvalue weighted by Crippen LogP contribution is 2.16. The van der Waals surface area contributed by atoms with Crippen molar-refractivity contribution in [1.82, 2.24) is 0 Å². The SMILES string of the molecule is CC/C=C\C/C=C\C/C=C\C/C=C\C/C=C\C/C=C\C/C=C\C/C=C\C/C=C\C/C=C\C/C=C\C/C=C\CCCCC(=O)OC(COC(=O)CCCCCCCCCCCCCCCCC/C=C\C/C=C\C/C=C\C/C=C\C/C=C\CC)COC(OCC[N+](C)(C)C)C(=O)[O-]. The van der Waals surface area contributed by atoms with E-state index >= 15 is 0 Å². The van der Waals surface area contributed by atoms with Gasteiger partial charge in [-0.2, -0.15) is 0 Å². The number of carboxylic acid groups (broad SMARTS) is 1. The van der Waals surface area contributed by atoms with Crippen LogP contribution in [0, 0.1) is 0 Å². The van der Waals surface area contributed by atoms with Gasteiger partial charge in [0.2, 0.25) is 0 Å². The molecule has 9 nitrogen and oxygen atoms in total. The Bertz CT molecular complexity index is 2320. The summed E-state index contributed by atoms with van der Waals surface area (Å²) >= 11 is 0. The summed E-state index contributed by atoms with van der Waals surface area (Å²) in [5, 5.41) is 11.8. The van der Waals surface area contributed by atoms with Crippen LogP contribution in [0.15, 0.2) is 207 Å². The highest BCUT2D eigenvalue weighted by atomic mass is 16.7. The maximum atomic E-state index is 12.9. The molecular formula is C86H135NO8. The molecule has 0 N–H and O–H groups in total. The van der Waals surface area contributed by atoms with Crippen molar-refractivity contribution in [2.45, 2.75) is 270 Å². The number of esters is 2. The van der Waals surface area contributed by atoms with E-state index in [1.54, 1.807) is 0 Å². The number of nitrogens with zero attached hydrogens (tertiary/aromatic N) is 1. The summed E-state index contributed by atoms with van der Waals surface area (Å²) in [7, 11) is 5.90. The van der Waals surface area contributed by atoms with Gasteiger partial charge in [-0.05, 0) is 148 Å². The summed E-state index contributed by atoms with van der Waals surface area (Å²) in [5.74, 6) is -2.36. The highest BCUT2D eigenvalue weighted by Gasteiger charge is 2.22. The van der Waals surface area contributed by atoms with Crippen molar-refractivity contribution in [3.63, 3.8) is 0 Å². The molecule has 0 spiro atoms. The van der Waals surface area contributed by atoms with E-state index in [1.807, 2.05) is 21.1 Å². The van der Waals surface area contributed by atoms with Crippen molar-refractivity contribution in [2.24, 2.45) is 0 Å². The number of carbonyl (C=O) groups excluding carboxylic acids is 3. The van der Waals surface area contributed by atoms with Crippen LogP contribution in [0.5, 0.6) is 0 Å². The quantitative estimate of drug-likeness (QED) is 0.0195. The molecule has 2 unspecified atom stereocenters. The molecular weight excluding hydrogens is 1170 g/mol. The van der Waals surface area contributed by atoms with Crippen LogP contribution in [0.3, 0.4) is 0 Å². The Labute approximate surface area is 582 Å². The molecule has 0 aliphatic heterocycles. The number of allylic oxidation sites excluding steroid dienone is 34. The molecule has 0 saturated carbocycles. The number of aliphatic carboxylic acids is 1. The molecule has 0 aliphatic carbocycles. The van der Waals surface area contributed by atoms with Crippen molar-refractivity contribution >= 4 is 17.9 Å².